The van der Waals surface area contributed by atoms with E-state index in [0.29, 0.717) is 30.1 Å². The lowest BCUT2D eigenvalue weighted by Crippen LogP contribution is -2.60. The Balaban J connectivity index is 1.66. The van der Waals surface area contributed by atoms with E-state index < -0.39 is 11.6 Å². The third-order valence-electron chi connectivity index (χ3n) is 5.15. The summed E-state index contributed by atoms with van der Waals surface area (Å²) in [6.07, 6.45) is 4.17. The second-order valence-electron chi connectivity index (χ2n) is 7.40. The molecular weight excluding hydrogens is 374 g/mol. The van der Waals surface area contributed by atoms with Gasteiger partial charge in [0, 0.05) is 17.3 Å². The SMILES string of the molecule is Cc1ccc(CNC(=O)C2(NC(=O)Nc3cccc(Cl)c3)CCCCC2)cc1. The normalized spacial score (nSPS) is 15.5. The Kier molecular flexibility index (Phi) is 6.57. The van der Waals surface area contributed by atoms with Gasteiger partial charge in [0.1, 0.15) is 5.54 Å². The van der Waals surface area contributed by atoms with Crippen LogP contribution < -0.4 is 16.0 Å². The summed E-state index contributed by atoms with van der Waals surface area (Å²) >= 11 is 5.97. The van der Waals surface area contributed by atoms with Crippen LogP contribution in [0.15, 0.2) is 48.5 Å². The molecule has 0 atom stereocenters. The lowest BCUT2D eigenvalue weighted by molar-refractivity contribution is -0.128. The Labute approximate surface area is 170 Å². The van der Waals surface area contributed by atoms with Gasteiger partial charge < -0.3 is 16.0 Å². The first-order valence-electron chi connectivity index (χ1n) is 9.65. The summed E-state index contributed by atoms with van der Waals surface area (Å²) in [6, 6.07) is 14.6. The standard InChI is InChI=1S/C22H26ClN3O2/c1-16-8-10-17(11-9-16)15-24-20(27)22(12-3-2-4-13-22)26-21(28)25-19-7-5-6-18(23)14-19/h5-11,14H,2-4,12-13,15H2,1H3,(H,24,27)(H2,25,26,28). The van der Waals surface area contributed by atoms with Crippen molar-refractivity contribution in [2.45, 2.75) is 51.1 Å². The molecular formula is C22H26ClN3O2. The minimum absolute atomic E-state index is 0.131. The zero-order valence-electron chi connectivity index (χ0n) is 16.1. The number of benzene rings is 2. The van der Waals surface area contributed by atoms with Crippen molar-refractivity contribution in [2.24, 2.45) is 0 Å². The van der Waals surface area contributed by atoms with E-state index in [0.717, 1.165) is 24.8 Å². The lowest BCUT2D eigenvalue weighted by Gasteiger charge is -2.36. The number of carbonyl (C=O) groups excluding carboxylic acids is 2. The average Bonchev–Trinajstić information content (AvgIpc) is 2.68. The molecule has 148 valence electrons. The van der Waals surface area contributed by atoms with E-state index in [1.165, 1.54) is 5.56 Å². The van der Waals surface area contributed by atoms with Gasteiger partial charge in [0.2, 0.25) is 5.91 Å². The Hall–Kier alpha value is -2.53. The molecule has 1 fully saturated rings. The van der Waals surface area contributed by atoms with Gasteiger partial charge in [-0.2, -0.15) is 0 Å². The molecule has 0 unspecified atom stereocenters. The van der Waals surface area contributed by atoms with Gasteiger partial charge >= 0.3 is 6.03 Å². The van der Waals surface area contributed by atoms with Gasteiger partial charge in [-0.15, -0.1) is 0 Å². The average molecular weight is 400 g/mol. The van der Waals surface area contributed by atoms with Crippen molar-refractivity contribution in [1.82, 2.24) is 10.6 Å². The highest BCUT2D eigenvalue weighted by molar-refractivity contribution is 6.30. The van der Waals surface area contributed by atoms with E-state index in [1.54, 1.807) is 24.3 Å². The number of rotatable bonds is 5. The van der Waals surface area contributed by atoms with Crippen molar-refractivity contribution in [2.75, 3.05) is 5.32 Å². The van der Waals surface area contributed by atoms with E-state index in [9.17, 15) is 9.59 Å². The summed E-state index contributed by atoms with van der Waals surface area (Å²) in [7, 11) is 0. The maximum Gasteiger partial charge on any atom is 0.320 e. The third kappa shape index (κ3) is 5.26. The van der Waals surface area contributed by atoms with Gasteiger partial charge in [0.25, 0.3) is 0 Å². The minimum atomic E-state index is -0.883. The van der Waals surface area contributed by atoms with Crippen LogP contribution in [0.25, 0.3) is 0 Å². The maximum absolute atomic E-state index is 13.0. The van der Waals surface area contributed by atoms with Crippen LogP contribution in [0.5, 0.6) is 0 Å². The fourth-order valence-corrected chi connectivity index (χ4v) is 3.76. The van der Waals surface area contributed by atoms with E-state index >= 15 is 0 Å². The van der Waals surface area contributed by atoms with Crippen molar-refractivity contribution >= 4 is 29.2 Å². The molecule has 0 heterocycles. The Morgan fingerprint density at radius 2 is 1.75 bits per heavy atom. The highest BCUT2D eigenvalue weighted by Crippen LogP contribution is 2.29. The van der Waals surface area contributed by atoms with Gasteiger partial charge in [-0.05, 0) is 43.5 Å². The number of carbonyl (C=O) groups is 2. The molecule has 0 saturated heterocycles. The largest absolute Gasteiger partial charge is 0.350 e. The van der Waals surface area contributed by atoms with Crippen LogP contribution in [-0.4, -0.2) is 17.5 Å². The summed E-state index contributed by atoms with van der Waals surface area (Å²) < 4.78 is 0. The molecule has 0 spiro atoms. The summed E-state index contributed by atoms with van der Waals surface area (Å²) in [5.41, 5.74) is 1.92. The number of urea groups is 1. The number of anilines is 1. The first-order valence-corrected chi connectivity index (χ1v) is 10.0. The molecule has 3 amide bonds. The van der Waals surface area contributed by atoms with Crippen molar-refractivity contribution in [3.8, 4) is 0 Å². The van der Waals surface area contributed by atoms with Crippen LogP contribution in [0.3, 0.4) is 0 Å². The topological polar surface area (TPSA) is 70.2 Å². The summed E-state index contributed by atoms with van der Waals surface area (Å²) in [5.74, 6) is -0.131. The number of hydrogen-bond donors (Lipinski definition) is 3. The van der Waals surface area contributed by atoms with E-state index in [-0.39, 0.29) is 5.91 Å². The fourth-order valence-electron chi connectivity index (χ4n) is 3.57. The highest BCUT2D eigenvalue weighted by atomic mass is 35.5. The van der Waals surface area contributed by atoms with Crippen LogP contribution in [0, 0.1) is 6.92 Å². The summed E-state index contributed by atoms with van der Waals surface area (Å²) in [5, 5.41) is 9.26. The molecule has 6 heteroatoms. The van der Waals surface area contributed by atoms with Crippen LogP contribution in [0.1, 0.15) is 43.2 Å². The molecule has 1 saturated carbocycles. The molecule has 2 aromatic carbocycles. The van der Waals surface area contributed by atoms with Crippen LogP contribution >= 0.6 is 11.6 Å². The predicted molar refractivity (Wildman–Crippen MR) is 112 cm³/mol. The molecule has 1 aliphatic rings. The molecule has 0 aliphatic heterocycles. The van der Waals surface area contributed by atoms with Gasteiger partial charge in [-0.3, -0.25) is 4.79 Å². The number of amides is 3. The number of nitrogens with one attached hydrogen (secondary N) is 3. The van der Waals surface area contributed by atoms with Crippen LogP contribution in [0.2, 0.25) is 5.02 Å². The molecule has 0 bridgehead atoms. The minimum Gasteiger partial charge on any atom is -0.350 e. The molecule has 28 heavy (non-hydrogen) atoms. The number of halogens is 1. The van der Waals surface area contributed by atoms with Crippen molar-refractivity contribution < 1.29 is 9.59 Å². The van der Waals surface area contributed by atoms with Gasteiger partial charge in [0.05, 0.1) is 0 Å². The second-order valence-corrected chi connectivity index (χ2v) is 7.84. The maximum atomic E-state index is 13.0. The van der Waals surface area contributed by atoms with E-state index in [4.69, 9.17) is 11.6 Å². The molecule has 3 N–H and O–H groups in total. The van der Waals surface area contributed by atoms with Crippen LogP contribution in [-0.2, 0) is 11.3 Å². The number of aryl methyl sites for hydroxylation is 1. The van der Waals surface area contributed by atoms with Crippen LogP contribution in [0.4, 0.5) is 10.5 Å². The second kappa shape index (κ2) is 9.11. The predicted octanol–water partition coefficient (Wildman–Crippen LogP) is 4.79. The van der Waals surface area contributed by atoms with Gasteiger partial charge in [-0.1, -0.05) is 66.8 Å². The Morgan fingerprint density at radius 3 is 2.43 bits per heavy atom. The highest BCUT2D eigenvalue weighted by Gasteiger charge is 2.40. The lowest BCUT2D eigenvalue weighted by atomic mass is 9.81. The van der Waals surface area contributed by atoms with Crippen molar-refractivity contribution in [1.29, 1.82) is 0 Å². The quantitative estimate of drug-likeness (QED) is 0.676. The smallest absolute Gasteiger partial charge is 0.320 e. The zero-order chi connectivity index (χ0) is 20.0. The molecule has 0 aromatic heterocycles. The molecule has 3 rings (SSSR count). The van der Waals surface area contributed by atoms with Crippen molar-refractivity contribution in [3.63, 3.8) is 0 Å². The summed E-state index contributed by atoms with van der Waals surface area (Å²) in [4.78, 5) is 25.6. The summed E-state index contributed by atoms with van der Waals surface area (Å²) in [6.45, 7) is 2.47. The van der Waals surface area contributed by atoms with Gasteiger partial charge in [-0.25, -0.2) is 4.79 Å². The molecule has 0 radical (unpaired) electrons. The molecule has 1 aliphatic carbocycles. The van der Waals surface area contributed by atoms with E-state index in [2.05, 4.69) is 16.0 Å². The number of hydrogen-bond acceptors (Lipinski definition) is 2. The Morgan fingerprint density at radius 1 is 1.04 bits per heavy atom. The first kappa shape index (κ1) is 20.2. The van der Waals surface area contributed by atoms with Gasteiger partial charge in [0.15, 0.2) is 0 Å². The van der Waals surface area contributed by atoms with Crippen molar-refractivity contribution in [3.05, 3.63) is 64.7 Å². The molecule has 5 nitrogen and oxygen atoms in total. The van der Waals surface area contributed by atoms with E-state index in [1.807, 2.05) is 31.2 Å². The fraction of sp³-hybridized carbons (Fsp3) is 0.364. The Bertz CT molecular complexity index is 830. The zero-order valence-corrected chi connectivity index (χ0v) is 16.8. The molecule has 2 aromatic rings. The third-order valence-corrected chi connectivity index (χ3v) is 5.39. The first-order chi connectivity index (χ1) is 13.5. The monoisotopic (exact) mass is 399 g/mol.